The molecule has 0 N–H and O–H groups in total. The summed E-state index contributed by atoms with van der Waals surface area (Å²) in [6.45, 7) is 0. The summed E-state index contributed by atoms with van der Waals surface area (Å²) in [5.74, 6) is 3.26. The number of hydrogen-bond donors (Lipinski definition) is 0. The van der Waals surface area contributed by atoms with E-state index in [0.29, 0.717) is 0 Å². The number of ether oxygens (including phenoxy) is 2. The second-order valence-electron chi connectivity index (χ2n) is 16.9. The molecule has 0 radical (unpaired) electrons. The molecule has 2 aliphatic rings. The minimum absolute atomic E-state index is 0.774. The molecule has 2 aliphatic heterocycles. The van der Waals surface area contributed by atoms with E-state index in [1.165, 1.54) is 15.9 Å². The van der Waals surface area contributed by atoms with E-state index in [4.69, 9.17) is 9.47 Å². The monoisotopic (exact) mass is 1030 g/mol. The van der Waals surface area contributed by atoms with Crippen molar-refractivity contribution in [2.45, 2.75) is 0 Å². The van der Waals surface area contributed by atoms with Crippen LogP contribution in [0.5, 0.6) is 23.0 Å². The Bertz CT molecular complexity index is 3410. The Hall–Kier alpha value is -7.21. The number of fused-ring (bicyclic) bond motifs is 4. The van der Waals surface area contributed by atoms with Crippen molar-refractivity contribution < 1.29 is 14.0 Å². The van der Waals surface area contributed by atoms with Crippen molar-refractivity contribution in [3.05, 3.63) is 255 Å². The standard InChI is InChI=1S/C60H43IN2O3P2/c61-67(47-15-3-1-4-16-47,49-39-31-45(32-40-49)62-53-19-7-11-23-57(53)65-58-24-12-8-20-54(58)62)48-35-27-43(28-36-48)44-29-37-51(38-30-44)68(64,50-17-5-2-6-18-50)52-41-33-46(34-42-52)63-55-21-9-13-25-59(55)66-60-26-14-10-22-56(60)63/h1-42,67H. The summed E-state index contributed by atoms with van der Waals surface area (Å²) in [5, 5.41) is 6.30. The van der Waals surface area contributed by atoms with Gasteiger partial charge in [0.05, 0.1) is 11.4 Å². The van der Waals surface area contributed by atoms with E-state index in [9.17, 15) is 0 Å². The molecule has 0 saturated carbocycles. The Morgan fingerprint density at radius 2 is 0.618 bits per heavy atom. The van der Waals surface area contributed by atoms with E-state index in [1.54, 1.807) is 0 Å². The van der Waals surface area contributed by atoms with Crippen LogP contribution in [0.3, 0.4) is 0 Å². The molecule has 0 fully saturated rings. The molecule has 0 aliphatic carbocycles. The molecule has 5 nitrogen and oxygen atoms in total. The van der Waals surface area contributed by atoms with Gasteiger partial charge in [0, 0.05) is 5.69 Å². The van der Waals surface area contributed by atoms with Gasteiger partial charge in [0.2, 0.25) is 0 Å². The van der Waals surface area contributed by atoms with E-state index >= 15 is 4.57 Å². The minimum atomic E-state index is -3.27. The van der Waals surface area contributed by atoms with Gasteiger partial charge in [0.25, 0.3) is 0 Å². The van der Waals surface area contributed by atoms with Gasteiger partial charge in [0.1, 0.15) is 0 Å². The van der Waals surface area contributed by atoms with Crippen molar-refractivity contribution in [2.24, 2.45) is 0 Å². The fraction of sp³-hybridized carbons (Fsp3) is 0. The zero-order valence-electron chi connectivity index (χ0n) is 36.7. The zero-order chi connectivity index (χ0) is 45.7. The van der Waals surface area contributed by atoms with Gasteiger partial charge in [-0.05, 0) is 24.3 Å². The number of halogens is 1. The van der Waals surface area contributed by atoms with Crippen LogP contribution < -0.4 is 51.1 Å². The second kappa shape index (κ2) is 17.5. The van der Waals surface area contributed by atoms with Crippen LogP contribution in [0.4, 0.5) is 34.1 Å². The molecule has 68 heavy (non-hydrogen) atoms. The molecular weight excluding hydrogens is 986 g/mol. The number of benzene rings is 10. The Kier molecular flexibility index (Phi) is 10.8. The fourth-order valence-electron chi connectivity index (χ4n) is 9.63. The van der Waals surface area contributed by atoms with Gasteiger partial charge in [-0.3, -0.25) is 0 Å². The average Bonchev–Trinajstić information content (AvgIpc) is 3.42. The van der Waals surface area contributed by atoms with Gasteiger partial charge in [-0.15, -0.1) is 0 Å². The average molecular weight is 1030 g/mol. The van der Waals surface area contributed by atoms with Crippen LogP contribution in [-0.4, -0.2) is 0 Å². The number of nitrogens with zero attached hydrogens (tertiary/aromatic N) is 2. The molecule has 0 amide bonds. The van der Waals surface area contributed by atoms with Crippen molar-refractivity contribution in [2.75, 3.05) is 9.80 Å². The molecule has 328 valence electrons. The second-order valence-corrected chi connectivity index (χ2v) is 27.6. The van der Waals surface area contributed by atoms with E-state index in [1.807, 2.05) is 115 Å². The summed E-state index contributed by atoms with van der Waals surface area (Å²) in [4.78, 5) is 2.00. The summed E-state index contributed by atoms with van der Waals surface area (Å²) in [6, 6.07) is 88.1. The van der Waals surface area contributed by atoms with Crippen molar-refractivity contribution in [3.8, 4) is 34.1 Å². The van der Waals surface area contributed by atoms with Gasteiger partial charge in [-0.1, -0.05) is 30.3 Å². The van der Waals surface area contributed by atoms with E-state index < -0.39 is 12.0 Å². The number of rotatable bonds is 9. The quantitative estimate of drug-likeness (QED) is 0.106. The maximum atomic E-state index is 15.8. The Morgan fingerprint density at radius 3 is 1.04 bits per heavy atom. The molecule has 0 bridgehead atoms. The van der Waals surface area contributed by atoms with Crippen LogP contribution in [0.1, 0.15) is 0 Å². The molecule has 0 saturated heterocycles. The molecule has 1 unspecified atom stereocenters. The molecule has 10 aromatic carbocycles. The normalized spacial score (nSPS) is 13.7. The first-order valence-corrected chi connectivity index (χ1v) is 29.4. The predicted molar refractivity (Wildman–Crippen MR) is 295 cm³/mol. The van der Waals surface area contributed by atoms with Crippen LogP contribution in [0.2, 0.25) is 0 Å². The summed E-state index contributed by atoms with van der Waals surface area (Å²) < 4.78 is 28.3. The topological polar surface area (TPSA) is 42.0 Å². The van der Waals surface area contributed by atoms with Gasteiger partial charge in [0.15, 0.2) is 11.5 Å². The molecule has 8 heteroatoms. The van der Waals surface area contributed by atoms with Crippen LogP contribution >= 0.6 is 34.1 Å². The third-order valence-electron chi connectivity index (χ3n) is 13.0. The Morgan fingerprint density at radius 1 is 0.324 bits per heavy atom. The molecule has 0 spiro atoms. The summed E-state index contributed by atoms with van der Waals surface area (Å²) in [5.41, 5.74) is 8.15. The fourth-order valence-corrected chi connectivity index (χ4v) is 18.4. The van der Waals surface area contributed by atoms with Gasteiger partial charge in [-0.2, -0.15) is 0 Å². The van der Waals surface area contributed by atoms with Gasteiger partial charge >= 0.3 is 320 Å². The predicted octanol–water partition coefficient (Wildman–Crippen LogP) is 14.5. The Labute approximate surface area is 410 Å². The van der Waals surface area contributed by atoms with Crippen molar-refractivity contribution in [1.29, 1.82) is 0 Å². The number of anilines is 6. The Balaban J connectivity index is 0.860. The van der Waals surface area contributed by atoms with Crippen LogP contribution in [0, 0.1) is 0 Å². The first-order chi connectivity index (χ1) is 33.5. The molecule has 12 rings (SSSR count). The third kappa shape index (κ3) is 7.23. The maximum absolute atomic E-state index is 15.8. The van der Waals surface area contributed by atoms with Crippen LogP contribution in [0.15, 0.2) is 255 Å². The zero-order valence-corrected chi connectivity index (χ0v) is 40.7. The summed E-state index contributed by atoms with van der Waals surface area (Å²) in [6.07, 6.45) is 0. The van der Waals surface area contributed by atoms with Crippen molar-refractivity contribution in [3.63, 3.8) is 0 Å². The molecular formula is C60H43IN2O3P2. The van der Waals surface area contributed by atoms with Crippen molar-refractivity contribution >= 4 is 100 Å². The van der Waals surface area contributed by atoms with E-state index in [-0.39, 0.29) is 0 Å². The molecule has 1 atom stereocenters. The van der Waals surface area contributed by atoms with Crippen molar-refractivity contribution in [1.82, 2.24) is 0 Å². The van der Waals surface area contributed by atoms with Crippen LogP contribution in [-0.2, 0) is 4.57 Å². The number of para-hydroxylation sites is 8. The molecule has 0 aromatic heterocycles. The van der Waals surface area contributed by atoms with Crippen LogP contribution in [0.25, 0.3) is 11.1 Å². The SMILES string of the molecule is O=P(c1ccccc1)(c1ccc(-c2ccc([PH](I)(c3ccccc3)c3ccc(N4c5ccccc5Oc5ccccc54)cc3)cc2)cc1)c1ccc(N2c3ccccc3Oc3ccccc32)cc1. The summed E-state index contributed by atoms with van der Waals surface area (Å²) >= 11 is 2.77. The van der Waals surface area contributed by atoms with E-state index in [2.05, 4.69) is 171 Å². The van der Waals surface area contributed by atoms with E-state index in [0.717, 1.165) is 84.2 Å². The first kappa shape index (κ1) is 42.2. The van der Waals surface area contributed by atoms with Gasteiger partial charge in [-0.25, -0.2) is 0 Å². The van der Waals surface area contributed by atoms with Gasteiger partial charge < -0.3 is 9.64 Å². The first-order valence-electron chi connectivity index (χ1n) is 22.6. The number of hydrogen-bond acceptors (Lipinski definition) is 5. The molecule has 2 heterocycles. The summed E-state index contributed by atoms with van der Waals surface area (Å²) in [7, 11) is -3.27. The molecule has 10 aromatic rings. The third-order valence-corrected chi connectivity index (χ3v) is 25.1.